The normalized spacial score (nSPS) is 30.2. The second-order valence-electron chi connectivity index (χ2n) is 6.63. The summed E-state index contributed by atoms with van der Waals surface area (Å²) in [5.74, 6) is -2.43. The third-order valence-electron chi connectivity index (χ3n) is 5.00. The lowest BCUT2D eigenvalue weighted by atomic mass is 9.89. The highest BCUT2D eigenvalue weighted by atomic mass is 19.3. The van der Waals surface area contributed by atoms with Gasteiger partial charge in [0.15, 0.2) is 0 Å². The molecule has 0 aromatic rings. The van der Waals surface area contributed by atoms with Crippen LogP contribution in [0.3, 0.4) is 0 Å². The number of hydrogen-bond acceptors (Lipinski definition) is 2. The van der Waals surface area contributed by atoms with Crippen LogP contribution in [-0.2, 0) is 0 Å². The fraction of sp³-hybridized carbons (Fsp3) is 1.00. The van der Waals surface area contributed by atoms with Crippen LogP contribution < -0.4 is 0 Å². The summed E-state index contributed by atoms with van der Waals surface area (Å²) in [7, 11) is 2.06. The zero-order chi connectivity index (χ0) is 14.0. The van der Waals surface area contributed by atoms with Crippen LogP contribution in [0.1, 0.15) is 52.4 Å². The van der Waals surface area contributed by atoms with E-state index in [9.17, 15) is 8.78 Å². The first kappa shape index (κ1) is 15.2. The van der Waals surface area contributed by atoms with E-state index < -0.39 is 5.92 Å². The van der Waals surface area contributed by atoms with Crippen molar-refractivity contribution in [2.75, 3.05) is 20.1 Å². The second-order valence-corrected chi connectivity index (χ2v) is 6.63. The number of halogens is 2. The zero-order valence-electron chi connectivity index (χ0n) is 12.5. The van der Waals surface area contributed by atoms with Gasteiger partial charge in [0.25, 0.3) is 0 Å². The molecule has 1 aliphatic heterocycles. The molecule has 2 rings (SSSR count). The Morgan fingerprint density at radius 2 is 1.74 bits per heavy atom. The number of rotatable bonds is 3. The Balaban J connectivity index is 1.85. The van der Waals surface area contributed by atoms with E-state index in [0.717, 1.165) is 32.4 Å². The third kappa shape index (κ3) is 3.88. The average molecular weight is 274 g/mol. The van der Waals surface area contributed by atoms with Gasteiger partial charge >= 0.3 is 0 Å². The maximum absolute atomic E-state index is 13.5. The molecule has 1 heterocycles. The van der Waals surface area contributed by atoms with Crippen molar-refractivity contribution in [1.82, 2.24) is 9.80 Å². The van der Waals surface area contributed by atoms with Crippen molar-refractivity contribution in [2.45, 2.75) is 76.4 Å². The fourth-order valence-electron chi connectivity index (χ4n) is 3.60. The Bertz CT molecular complexity index is 286. The molecule has 0 N–H and O–H groups in total. The van der Waals surface area contributed by atoms with Gasteiger partial charge in [-0.3, -0.25) is 0 Å². The van der Waals surface area contributed by atoms with Crippen LogP contribution in [0.4, 0.5) is 8.78 Å². The van der Waals surface area contributed by atoms with Crippen LogP contribution in [0, 0.1) is 0 Å². The predicted octanol–water partition coefficient (Wildman–Crippen LogP) is 3.37. The molecule has 0 radical (unpaired) electrons. The summed E-state index contributed by atoms with van der Waals surface area (Å²) in [6.07, 6.45) is 4.01. The summed E-state index contributed by atoms with van der Waals surface area (Å²) in [6.45, 7) is 6.67. The minimum atomic E-state index is -2.43. The number of alkyl halides is 2. The van der Waals surface area contributed by atoms with Gasteiger partial charge in [-0.1, -0.05) is 0 Å². The molecule has 112 valence electrons. The first-order chi connectivity index (χ1) is 8.89. The summed E-state index contributed by atoms with van der Waals surface area (Å²) in [6, 6.07) is 1.18. The molecule has 2 nitrogen and oxygen atoms in total. The summed E-state index contributed by atoms with van der Waals surface area (Å²) in [5.41, 5.74) is 0. The minimum absolute atomic E-state index is 0.0634. The molecule has 0 amide bonds. The highest BCUT2D eigenvalue weighted by Gasteiger charge is 2.39. The average Bonchev–Trinajstić information content (AvgIpc) is 2.37. The van der Waals surface area contributed by atoms with Crippen LogP contribution in [0.25, 0.3) is 0 Å². The quantitative estimate of drug-likeness (QED) is 0.778. The van der Waals surface area contributed by atoms with Crippen LogP contribution in [-0.4, -0.2) is 54.0 Å². The molecule has 1 saturated carbocycles. The van der Waals surface area contributed by atoms with E-state index >= 15 is 0 Å². The second kappa shape index (κ2) is 6.04. The summed E-state index contributed by atoms with van der Waals surface area (Å²) >= 11 is 0. The van der Waals surface area contributed by atoms with Gasteiger partial charge < -0.3 is 9.80 Å². The SMILES string of the molecule is CC(C)N1CCC(N(C)[C@H]2CCCC(F)(F)C2)CC1. The van der Waals surface area contributed by atoms with Crippen molar-refractivity contribution in [1.29, 1.82) is 0 Å². The molecule has 0 bridgehead atoms. The standard InChI is InChI=1S/C15H28F2N2/c1-12(2)19-9-6-13(7-10-19)18(3)14-5-4-8-15(16,17)11-14/h12-14H,4-11H2,1-3H3/t14-/m0/s1. The van der Waals surface area contributed by atoms with Gasteiger partial charge in [-0.25, -0.2) is 8.78 Å². The van der Waals surface area contributed by atoms with E-state index in [2.05, 4.69) is 30.7 Å². The van der Waals surface area contributed by atoms with Crippen LogP contribution >= 0.6 is 0 Å². The molecule has 19 heavy (non-hydrogen) atoms. The number of hydrogen-bond donors (Lipinski definition) is 0. The maximum atomic E-state index is 13.5. The maximum Gasteiger partial charge on any atom is 0.249 e. The molecule has 2 aliphatic rings. The fourth-order valence-corrected chi connectivity index (χ4v) is 3.60. The van der Waals surface area contributed by atoms with Gasteiger partial charge in [-0.05, 0) is 59.7 Å². The molecule has 0 spiro atoms. The van der Waals surface area contributed by atoms with Gasteiger partial charge in [0.1, 0.15) is 0 Å². The van der Waals surface area contributed by atoms with Gasteiger partial charge in [-0.15, -0.1) is 0 Å². The monoisotopic (exact) mass is 274 g/mol. The topological polar surface area (TPSA) is 6.48 Å². The summed E-state index contributed by atoms with van der Waals surface area (Å²) in [5, 5.41) is 0. The van der Waals surface area contributed by atoms with Gasteiger partial charge in [0.2, 0.25) is 5.92 Å². The molecular weight excluding hydrogens is 246 g/mol. The Morgan fingerprint density at radius 3 is 2.26 bits per heavy atom. The molecule has 0 unspecified atom stereocenters. The lowest BCUT2D eigenvalue weighted by molar-refractivity contribution is -0.0689. The first-order valence-electron chi connectivity index (χ1n) is 7.73. The van der Waals surface area contributed by atoms with Crippen LogP contribution in [0.15, 0.2) is 0 Å². The van der Waals surface area contributed by atoms with Crippen molar-refractivity contribution < 1.29 is 8.78 Å². The van der Waals surface area contributed by atoms with Crippen LogP contribution in [0.5, 0.6) is 0 Å². The van der Waals surface area contributed by atoms with Crippen molar-refractivity contribution >= 4 is 0 Å². The molecular formula is C15H28F2N2. The highest BCUT2D eigenvalue weighted by molar-refractivity contribution is 4.88. The largest absolute Gasteiger partial charge is 0.301 e. The van der Waals surface area contributed by atoms with E-state index in [1.54, 1.807) is 0 Å². The smallest absolute Gasteiger partial charge is 0.249 e. The Morgan fingerprint density at radius 1 is 1.11 bits per heavy atom. The molecule has 1 aliphatic carbocycles. The molecule has 1 atom stereocenters. The molecule has 1 saturated heterocycles. The van der Waals surface area contributed by atoms with Gasteiger partial charge in [0.05, 0.1) is 0 Å². The van der Waals surface area contributed by atoms with E-state index in [0.29, 0.717) is 18.5 Å². The van der Waals surface area contributed by atoms with Gasteiger partial charge in [0, 0.05) is 31.0 Å². The molecule has 0 aromatic heterocycles. The summed E-state index contributed by atoms with van der Waals surface area (Å²) < 4.78 is 27.0. The van der Waals surface area contributed by atoms with E-state index in [1.807, 2.05) is 0 Å². The molecule has 2 fully saturated rings. The van der Waals surface area contributed by atoms with E-state index in [1.165, 1.54) is 0 Å². The van der Waals surface area contributed by atoms with E-state index in [4.69, 9.17) is 0 Å². The molecule has 0 aromatic carbocycles. The number of nitrogens with zero attached hydrogens (tertiary/aromatic N) is 2. The van der Waals surface area contributed by atoms with Crippen molar-refractivity contribution in [2.24, 2.45) is 0 Å². The lowest BCUT2D eigenvalue weighted by Gasteiger charge is -2.43. The lowest BCUT2D eigenvalue weighted by Crippen LogP contribution is -2.50. The Hall–Kier alpha value is -0.220. The minimum Gasteiger partial charge on any atom is -0.301 e. The van der Waals surface area contributed by atoms with Crippen molar-refractivity contribution in [3.8, 4) is 0 Å². The molecule has 4 heteroatoms. The van der Waals surface area contributed by atoms with Crippen molar-refractivity contribution in [3.05, 3.63) is 0 Å². The van der Waals surface area contributed by atoms with Crippen LogP contribution in [0.2, 0.25) is 0 Å². The predicted molar refractivity (Wildman–Crippen MR) is 74.7 cm³/mol. The third-order valence-corrected chi connectivity index (χ3v) is 5.00. The number of piperidine rings is 1. The van der Waals surface area contributed by atoms with Gasteiger partial charge in [-0.2, -0.15) is 0 Å². The first-order valence-corrected chi connectivity index (χ1v) is 7.73. The van der Waals surface area contributed by atoms with Crippen molar-refractivity contribution in [3.63, 3.8) is 0 Å². The summed E-state index contributed by atoms with van der Waals surface area (Å²) in [4.78, 5) is 4.74. The Kier molecular flexibility index (Phi) is 4.83. The number of likely N-dealkylation sites (tertiary alicyclic amines) is 1. The zero-order valence-corrected chi connectivity index (χ0v) is 12.5. The van der Waals surface area contributed by atoms with E-state index in [-0.39, 0.29) is 18.9 Å². The Labute approximate surface area is 116 Å². The highest BCUT2D eigenvalue weighted by Crippen LogP contribution is 2.36.